The van der Waals surface area contributed by atoms with Gasteiger partial charge in [-0.05, 0) is 91.6 Å². The number of hydrogen-bond acceptors (Lipinski definition) is 4. The number of guanidine groups is 1. The third-order valence-corrected chi connectivity index (χ3v) is 6.54. The smallest absolute Gasteiger partial charge is 0.410 e. The van der Waals surface area contributed by atoms with Crippen LogP contribution in [0.15, 0.2) is 4.99 Å². The van der Waals surface area contributed by atoms with Crippen molar-refractivity contribution in [1.82, 2.24) is 20.0 Å². The minimum Gasteiger partial charge on any atom is -0.444 e. The summed E-state index contributed by atoms with van der Waals surface area (Å²) in [4.78, 5) is 24.7. The molecule has 0 radical (unpaired) electrons. The molecule has 2 aliphatic heterocycles. The van der Waals surface area contributed by atoms with E-state index in [1.807, 2.05) is 25.7 Å². The maximum absolute atomic E-state index is 12.9. The third kappa shape index (κ3) is 8.88. The Balaban J connectivity index is 0.00000363. The first-order chi connectivity index (χ1) is 14.7. The number of nitrogens with one attached hydrogen (secondary N) is 1. The molecule has 0 spiro atoms. The number of nitrogens with zero attached hydrogens (tertiary/aromatic N) is 4. The quantitative estimate of drug-likeness (QED) is 0.301. The molecule has 1 atom stereocenters. The largest absolute Gasteiger partial charge is 0.444 e. The van der Waals surface area contributed by atoms with Crippen LogP contribution in [0.5, 0.6) is 0 Å². The summed E-state index contributed by atoms with van der Waals surface area (Å²) in [6.45, 7) is 14.9. The molecular weight excluding hydrogens is 517 g/mol. The fourth-order valence-corrected chi connectivity index (χ4v) is 4.72. The summed E-state index contributed by atoms with van der Waals surface area (Å²) >= 11 is 0. The second-order valence-electron chi connectivity index (χ2n) is 10.8. The molecule has 0 aromatic carbocycles. The molecule has 0 bridgehead atoms. The number of halogens is 1. The van der Waals surface area contributed by atoms with Crippen LogP contribution >= 0.6 is 24.0 Å². The molecule has 1 aliphatic carbocycles. The van der Waals surface area contributed by atoms with E-state index in [4.69, 9.17) is 9.73 Å². The van der Waals surface area contributed by atoms with Crippen LogP contribution in [0.25, 0.3) is 0 Å². The van der Waals surface area contributed by atoms with Gasteiger partial charge >= 0.3 is 6.09 Å². The van der Waals surface area contributed by atoms with Gasteiger partial charge in [-0.2, -0.15) is 0 Å². The first kappa shape index (κ1) is 27.5. The van der Waals surface area contributed by atoms with E-state index in [9.17, 15) is 4.79 Å². The van der Waals surface area contributed by atoms with Crippen molar-refractivity contribution in [1.29, 1.82) is 0 Å². The summed E-state index contributed by atoms with van der Waals surface area (Å²) < 4.78 is 5.74. The number of amides is 1. The fraction of sp³-hybridized carbons (Fsp3) is 0.917. The SMILES string of the molecule is CCNC(=NCC1CCCN(C)C1)N1CCC(N(CC2CC2)C(=O)OC(C)(C)C)CC1.I. The summed E-state index contributed by atoms with van der Waals surface area (Å²) in [6, 6.07) is 0.265. The van der Waals surface area contributed by atoms with Gasteiger partial charge in [0.05, 0.1) is 0 Å². The molecule has 186 valence electrons. The van der Waals surface area contributed by atoms with Crippen LogP contribution < -0.4 is 5.32 Å². The molecule has 8 heteroatoms. The number of carbonyl (C=O) groups is 1. The van der Waals surface area contributed by atoms with E-state index in [2.05, 4.69) is 29.1 Å². The molecule has 2 saturated heterocycles. The van der Waals surface area contributed by atoms with E-state index < -0.39 is 5.60 Å². The Morgan fingerprint density at radius 2 is 1.78 bits per heavy atom. The number of piperidine rings is 2. The van der Waals surface area contributed by atoms with Crippen LogP contribution in [-0.4, -0.2) is 91.3 Å². The number of carbonyl (C=O) groups excluding carboxylic acids is 1. The summed E-state index contributed by atoms with van der Waals surface area (Å²) in [7, 11) is 2.21. The van der Waals surface area contributed by atoms with Gasteiger partial charge in [0, 0.05) is 45.3 Å². The molecule has 32 heavy (non-hydrogen) atoms. The molecular formula is C24H46IN5O2. The number of likely N-dealkylation sites (tertiary alicyclic amines) is 2. The molecule has 3 aliphatic rings. The lowest BCUT2D eigenvalue weighted by Crippen LogP contribution is -2.52. The Kier molecular flexibility index (Phi) is 10.8. The molecule has 1 N–H and O–H groups in total. The van der Waals surface area contributed by atoms with E-state index in [1.54, 1.807) is 0 Å². The van der Waals surface area contributed by atoms with Gasteiger partial charge in [-0.25, -0.2) is 4.79 Å². The Hall–Kier alpha value is -0.770. The first-order valence-corrected chi connectivity index (χ1v) is 12.5. The van der Waals surface area contributed by atoms with E-state index in [1.165, 1.54) is 32.2 Å². The molecule has 3 fully saturated rings. The van der Waals surface area contributed by atoms with Crippen LogP contribution in [0.4, 0.5) is 4.79 Å². The van der Waals surface area contributed by atoms with Gasteiger partial charge in [0.25, 0.3) is 0 Å². The van der Waals surface area contributed by atoms with Crippen LogP contribution in [0.3, 0.4) is 0 Å². The molecule has 1 unspecified atom stereocenters. The van der Waals surface area contributed by atoms with Gasteiger partial charge in [0.2, 0.25) is 0 Å². The highest BCUT2D eigenvalue weighted by Crippen LogP contribution is 2.32. The summed E-state index contributed by atoms with van der Waals surface area (Å²) in [5.41, 5.74) is -0.447. The van der Waals surface area contributed by atoms with Gasteiger partial charge in [-0.1, -0.05) is 0 Å². The van der Waals surface area contributed by atoms with Crippen LogP contribution in [-0.2, 0) is 4.74 Å². The molecule has 0 aromatic heterocycles. The van der Waals surface area contributed by atoms with Crippen LogP contribution in [0, 0.1) is 11.8 Å². The summed E-state index contributed by atoms with van der Waals surface area (Å²) in [5, 5.41) is 3.50. The van der Waals surface area contributed by atoms with Crippen molar-refractivity contribution in [2.75, 3.05) is 52.9 Å². The maximum Gasteiger partial charge on any atom is 0.410 e. The zero-order valence-corrected chi connectivity index (χ0v) is 23.3. The summed E-state index contributed by atoms with van der Waals surface area (Å²) in [6.07, 6.45) is 6.85. The lowest BCUT2D eigenvalue weighted by Gasteiger charge is -2.40. The molecule has 0 aromatic rings. The minimum absolute atomic E-state index is 0. The third-order valence-electron chi connectivity index (χ3n) is 6.54. The normalized spacial score (nSPS) is 23.5. The Morgan fingerprint density at radius 1 is 1.09 bits per heavy atom. The van der Waals surface area contributed by atoms with Gasteiger partial charge in [-0.15, -0.1) is 24.0 Å². The Morgan fingerprint density at radius 3 is 2.34 bits per heavy atom. The monoisotopic (exact) mass is 563 g/mol. The van der Waals surface area contributed by atoms with Crippen molar-refractivity contribution in [2.45, 2.75) is 77.9 Å². The topological polar surface area (TPSA) is 60.4 Å². The van der Waals surface area contributed by atoms with Crippen molar-refractivity contribution in [3.8, 4) is 0 Å². The standard InChI is InChI=1S/C24H45N5O2.HI/c1-6-25-22(26-16-20-8-7-13-27(5)17-20)28-14-11-21(12-15-28)29(18-19-9-10-19)23(30)31-24(2,3)4;/h19-21H,6-18H2,1-5H3,(H,25,26);1H. The first-order valence-electron chi connectivity index (χ1n) is 12.5. The second-order valence-corrected chi connectivity index (χ2v) is 10.8. The van der Waals surface area contributed by atoms with Gasteiger partial charge in [0.1, 0.15) is 5.60 Å². The number of rotatable bonds is 6. The lowest BCUT2D eigenvalue weighted by atomic mass is 9.99. The summed E-state index contributed by atoms with van der Waals surface area (Å²) in [5.74, 6) is 2.37. The van der Waals surface area contributed by atoms with Crippen molar-refractivity contribution >= 4 is 36.0 Å². The molecule has 3 rings (SSSR count). The number of aliphatic imine (C=N–C) groups is 1. The van der Waals surface area contributed by atoms with E-state index in [-0.39, 0.29) is 36.1 Å². The number of ether oxygens (including phenoxy) is 1. The van der Waals surface area contributed by atoms with E-state index >= 15 is 0 Å². The predicted octanol–water partition coefficient (Wildman–Crippen LogP) is 4.02. The average Bonchev–Trinajstić information content (AvgIpc) is 3.52. The highest BCUT2D eigenvalue weighted by Gasteiger charge is 2.35. The highest BCUT2D eigenvalue weighted by atomic mass is 127. The van der Waals surface area contributed by atoms with Crippen molar-refractivity contribution in [3.63, 3.8) is 0 Å². The van der Waals surface area contributed by atoms with Gasteiger partial charge < -0.3 is 24.8 Å². The lowest BCUT2D eigenvalue weighted by molar-refractivity contribution is 0.00928. The molecule has 7 nitrogen and oxygen atoms in total. The van der Waals surface area contributed by atoms with Crippen molar-refractivity contribution in [3.05, 3.63) is 0 Å². The van der Waals surface area contributed by atoms with Gasteiger partial charge in [-0.3, -0.25) is 4.99 Å². The van der Waals surface area contributed by atoms with Crippen molar-refractivity contribution < 1.29 is 9.53 Å². The van der Waals surface area contributed by atoms with Crippen molar-refractivity contribution in [2.24, 2.45) is 16.8 Å². The molecule has 1 amide bonds. The average molecular weight is 564 g/mol. The van der Waals surface area contributed by atoms with E-state index in [0.717, 1.165) is 58.1 Å². The van der Waals surface area contributed by atoms with Gasteiger partial charge in [0.15, 0.2) is 5.96 Å². The Labute approximate surface area is 212 Å². The van der Waals surface area contributed by atoms with Crippen LogP contribution in [0.1, 0.15) is 66.2 Å². The minimum atomic E-state index is -0.447. The second kappa shape index (κ2) is 12.6. The molecule has 1 saturated carbocycles. The predicted molar refractivity (Wildman–Crippen MR) is 142 cm³/mol. The van der Waals surface area contributed by atoms with Crippen LogP contribution in [0.2, 0.25) is 0 Å². The number of hydrogen-bond donors (Lipinski definition) is 1. The van der Waals surface area contributed by atoms with E-state index in [0.29, 0.717) is 11.8 Å². The zero-order chi connectivity index (χ0) is 22.4. The highest BCUT2D eigenvalue weighted by molar-refractivity contribution is 14.0. The molecule has 2 heterocycles. The zero-order valence-electron chi connectivity index (χ0n) is 20.9. The Bertz CT molecular complexity index is 612. The fourth-order valence-electron chi connectivity index (χ4n) is 4.72. The maximum atomic E-state index is 12.9.